The number of aryl methyl sites for hydroxylation is 1. The molecule has 1 N–H and O–H groups in total. The summed E-state index contributed by atoms with van der Waals surface area (Å²) in [6, 6.07) is 12.2. The van der Waals surface area contributed by atoms with Crippen molar-refractivity contribution in [3.05, 3.63) is 77.6 Å². The summed E-state index contributed by atoms with van der Waals surface area (Å²) in [5.74, 6) is -0.359. The molecular weight excluding hydrogens is 385 g/mol. The van der Waals surface area contributed by atoms with E-state index < -0.39 is 5.97 Å². The first-order valence-electron chi connectivity index (χ1n) is 9.51. The third-order valence-electron chi connectivity index (χ3n) is 4.64. The molecule has 0 spiro atoms. The van der Waals surface area contributed by atoms with E-state index in [-0.39, 0.29) is 12.4 Å². The lowest BCUT2D eigenvalue weighted by Crippen LogP contribution is -2.12. The van der Waals surface area contributed by atoms with Gasteiger partial charge in [-0.15, -0.1) is 0 Å². The standard InChI is InChI=1S/C22H20FN5O2/c1-3-30-22(29)20-14(2)24-13-25-21(20)27-18-7-8-19-16(10-18)11-26-28(19)12-15-5-4-6-17(23)9-15/h4-11,13H,3,12H2,1-2H3,(H,24,25,27). The van der Waals surface area contributed by atoms with Crippen molar-refractivity contribution in [2.75, 3.05) is 11.9 Å². The number of esters is 1. The number of fused-ring (bicyclic) bond motifs is 1. The van der Waals surface area contributed by atoms with Crippen LogP contribution < -0.4 is 5.32 Å². The molecule has 0 bridgehead atoms. The first-order chi connectivity index (χ1) is 14.5. The zero-order valence-electron chi connectivity index (χ0n) is 16.6. The normalized spacial score (nSPS) is 10.9. The van der Waals surface area contributed by atoms with Crippen molar-refractivity contribution in [2.24, 2.45) is 0 Å². The first kappa shape index (κ1) is 19.5. The van der Waals surface area contributed by atoms with Crippen LogP contribution in [0.5, 0.6) is 0 Å². The highest BCUT2D eigenvalue weighted by molar-refractivity contribution is 5.96. The van der Waals surface area contributed by atoms with Crippen LogP contribution in [0, 0.1) is 12.7 Å². The minimum Gasteiger partial charge on any atom is -0.462 e. The van der Waals surface area contributed by atoms with Gasteiger partial charge in [-0.05, 0) is 49.7 Å². The summed E-state index contributed by atoms with van der Waals surface area (Å²) in [6.45, 7) is 4.22. The second-order valence-electron chi connectivity index (χ2n) is 6.73. The minimum atomic E-state index is -0.470. The van der Waals surface area contributed by atoms with Gasteiger partial charge < -0.3 is 10.1 Å². The molecule has 30 heavy (non-hydrogen) atoms. The third kappa shape index (κ3) is 3.98. The van der Waals surface area contributed by atoms with Crippen LogP contribution >= 0.6 is 0 Å². The van der Waals surface area contributed by atoms with Crippen LogP contribution in [0.25, 0.3) is 10.9 Å². The lowest BCUT2D eigenvalue weighted by molar-refractivity contribution is 0.0525. The zero-order chi connectivity index (χ0) is 21.1. The average Bonchev–Trinajstić information content (AvgIpc) is 3.10. The van der Waals surface area contributed by atoms with Crippen LogP contribution in [-0.4, -0.2) is 32.3 Å². The van der Waals surface area contributed by atoms with E-state index in [1.54, 1.807) is 26.1 Å². The highest BCUT2D eigenvalue weighted by atomic mass is 19.1. The molecule has 0 aliphatic carbocycles. The van der Waals surface area contributed by atoms with Gasteiger partial charge >= 0.3 is 5.97 Å². The van der Waals surface area contributed by atoms with Crippen molar-refractivity contribution < 1.29 is 13.9 Å². The van der Waals surface area contributed by atoms with Crippen LogP contribution in [0.2, 0.25) is 0 Å². The molecule has 2 aromatic heterocycles. The molecule has 0 amide bonds. The van der Waals surface area contributed by atoms with Gasteiger partial charge in [-0.2, -0.15) is 5.10 Å². The molecule has 4 rings (SSSR count). The molecule has 8 heteroatoms. The number of anilines is 2. The Hall–Kier alpha value is -3.81. The number of nitrogens with zero attached hydrogens (tertiary/aromatic N) is 4. The number of ether oxygens (including phenoxy) is 1. The van der Waals surface area contributed by atoms with Gasteiger partial charge in [-0.25, -0.2) is 19.2 Å². The molecule has 7 nitrogen and oxygen atoms in total. The molecule has 0 radical (unpaired) electrons. The summed E-state index contributed by atoms with van der Waals surface area (Å²) in [7, 11) is 0. The van der Waals surface area contributed by atoms with Gasteiger partial charge in [0.25, 0.3) is 0 Å². The second kappa shape index (κ2) is 8.28. The number of benzene rings is 2. The predicted molar refractivity (Wildman–Crippen MR) is 111 cm³/mol. The molecule has 152 valence electrons. The molecule has 0 atom stereocenters. The fourth-order valence-corrected chi connectivity index (χ4v) is 3.25. The number of hydrogen-bond donors (Lipinski definition) is 1. The van der Waals surface area contributed by atoms with E-state index in [0.717, 1.165) is 22.2 Å². The highest BCUT2D eigenvalue weighted by Crippen LogP contribution is 2.25. The summed E-state index contributed by atoms with van der Waals surface area (Å²) in [6.07, 6.45) is 3.15. The quantitative estimate of drug-likeness (QED) is 0.483. The predicted octanol–water partition coefficient (Wildman–Crippen LogP) is 4.24. The van der Waals surface area contributed by atoms with Crippen LogP contribution in [0.15, 0.2) is 55.0 Å². The molecule has 0 unspecified atom stereocenters. The molecule has 0 aliphatic heterocycles. The Morgan fingerprint density at radius 2 is 2.07 bits per heavy atom. The second-order valence-corrected chi connectivity index (χ2v) is 6.73. The Morgan fingerprint density at radius 1 is 1.20 bits per heavy atom. The summed E-state index contributed by atoms with van der Waals surface area (Å²) >= 11 is 0. The number of nitrogens with one attached hydrogen (secondary N) is 1. The van der Waals surface area contributed by atoms with Gasteiger partial charge in [0.1, 0.15) is 23.5 Å². The van der Waals surface area contributed by atoms with E-state index in [4.69, 9.17) is 4.74 Å². The molecular formula is C22H20FN5O2. The Kier molecular flexibility index (Phi) is 5.38. The molecule has 0 saturated heterocycles. The van der Waals surface area contributed by atoms with E-state index in [0.29, 0.717) is 23.6 Å². The fraction of sp³-hybridized carbons (Fsp3) is 0.182. The van der Waals surface area contributed by atoms with Gasteiger partial charge in [0.05, 0.1) is 30.6 Å². The van der Waals surface area contributed by atoms with Gasteiger partial charge in [0, 0.05) is 11.1 Å². The first-order valence-corrected chi connectivity index (χ1v) is 9.51. The largest absolute Gasteiger partial charge is 0.462 e. The van der Waals surface area contributed by atoms with Crippen molar-refractivity contribution in [3.8, 4) is 0 Å². The van der Waals surface area contributed by atoms with Crippen LogP contribution in [0.3, 0.4) is 0 Å². The number of hydrogen-bond acceptors (Lipinski definition) is 6. The topological polar surface area (TPSA) is 81.9 Å². The van der Waals surface area contributed by atoms with Gasteiger partial charge in [0.15, 0.2) is 0 Å². The van der Waals surface area contributed by atoms with E-state index in [1.165, 1.54) is 18.5 Å². The fourth-order valence-electron chi connectivity index (χ4n) is 3.25. The summed E-state index contributed by atoms with van der Waals surface area (Å²) in [4.78, 5) is 20.6. The van der Waals surface area contributed by atoms with Crippen LogP contribution in [-0.2, 0) is 11.3 Å². The Balaban J connectivity index is 1.62. The maximum atomic E-state index is 13.5. The smallest absolute Gasteiger partial charge is 0.343 e. The van der Waals surface area contributed by atoms with Gasteiger partial charge in [0.2, 0.25) is 0 Å². The van der Waals surface area contributed by atoms with Crippen LogP contribution in [0.4, 0.5) is 15.9 Å². The Labute approximate surface area is 172 Å². The maximum Gasteiger partial charge on any atom is 0.343 e. The van der Waals surface area contributed by atoms with E-state index in [2.05, 4.69) is 20.4 Å². The van der Waals surface area contributed by atoms with E-state index in [9.17, 15) is 9.18 Å². The average molecular weight is 405 g/mol. The van der Waals surface area contributed by atoms with Crippen LogP contribution in [0.1, 0.15) is 28.5 Å². The van der Waals surface area contributed by atoms with Gasteiger partial charge in [-0.3, -0.25) is 4.68 Å². The number of rotatable bonds is 6. The number of carbonyl (C=O) groups is 1. The third-order valence-corrected chi connectivity index (χ3v) is 4.64. The lowest BCUT2D eigenvalue weighted by Gasteiger charge is -2.12. The SMILES string of the molecule is CCOC(=O)c1c(C)ncnc1Nc1ccc2c(cnn2Cc2cccc(F)c2)c1. The maximum absolute atomic E-state index is 13.5. The molecule has 4 aromatic rings. The molecule has 0 saturated carbocycles. The zero-order valence-corrected chi connectivity index (χ0v) is 16.6. The van der Waals surface area contributed by atoms with Crippen molar-refractivity contribution >= 4 is 28.4 Å². The minimum absolute atomic E-state index is 0.267. The number of halogens is 1. The Bertz CT molecular complexity index is 1220. The van der Waals surface area contributed by atoms with Crippen molar-refractivity contribution in [3.63, 3.8) is 0 Å². The Morgan fingerprint density at radius 3 is 2.87 bits per heavy atom. The van der Waals surface area contributed by atoms with Crippen molar-refractivity contribution in [2.45, 2.75) is 20.4 Å². The van der Waals surface area contributed by atoms with E-state index >= 15 is 0 Å². The lowest BCUT2D eigenvalue weighted by atomic mass is 10.2. The number of aromatic nitrogens is 4. The van der Waals surface area contributed by atoms with Crippen molar-refractivity contribution in [1.82, 2.24) is 19.7 Å². The highest BCUT2D eigenvalue weighted by Gasteiger charge is 2.18. The number of carbonyl (C=O) groups excluding carboxylic acids is 1. The summed E-state index contributed by atoms with van der Waals surface area (Å²) in [5.41, 5.74) is 3.33. The van der Waals surface area contributed by atoms with E-state index in [1.807, 2.05) is 28.9 Å². The summed E-state index contributed by atoms with van der Waals surface area (Å²) < 4.78 is 20.4. The summed E-state index contributed by atoms with van der Waals surface area (Å²) in [5, 5.41) is 8.49. The van der Waals surface area contributed by atoms with Gasteiger partial charge in [-0.1, -0.05) is 12.1 Å². The van der Waals surface area contributed by atoms with Crippen molar-refractivity contribution in [1.29, 1.82) is 0 Å². The monoisotopic (exact) mass is 405 g/mol. The molecule has 2 heterocycles. The molecule has 0 aliphatic rings. The molecule has 2 aromatic carbocycles. The molecule has 0 fully saturated rings.